The lowest BCUT2D eigenvalue weighted by molar-refractivity contribution is 0.282. The number of rotatable bonds is 4. The molecular formula is C18H18N2OS2. The summed E-state index contributed by atoms with van der Waals surface area (Å²) in [7, 11) is 0. The number of thioether (sulfide) groups is 2. The van der Waals surface area contributed by atoms with Gasteiger partial charge in [-0.15, -0.1) is 28.6 Å². The number of aliphatic hydroxyl groups excluding tert-OH is 1. The predicted octanol–water partition coefficient (Wildman–Crippen LogP) is 5.46. The third-order valence-corrected chi connectivity index (χ3v) is 5.96. The summed E-state index contributed by atoms with van der Waals surface area (Å²) >= 11 is 3.72. The van der Waals surface area contributed by atoms with E-state index in [2.05, 4.69) is 22.4 Å². The van der Waals surface area contributed by atoms with Crippen LogP contribution in [0.3, 0.4) is 0 Å². The van der Waals surface area contributed by atoms with Crippen LogP contribution < -0.4 is 0 Å². The van der Waals surface area contributed by atoms with Crippen molar-refractivity contribution in [1.29, 1.82) is 0 Å². The van der Waals surface area contributed by atoms with Crippen molar-refractivity contribution < 1.29 is 5.11 Å². The molecule has 3 nitrogen and oxygen atoms in total. The molecule has 5 heteroatoms. The van der Waals surface area contributed by atoms with Crippen LogP contribution in [0.2, 0.25) is 0 Å². The number of hydrogen-bond donors (Lipinski definition) is 1. The molecule has 1 fully saturated rings. The molecule has 23 heavy (non-hydrogen) atoms. The quantitative estimate of drug-likeness (QED) is 0.751. The van der Waals surface area contributed by atoms with Crippen LogP contribution in [-0.2, 0) is 6.61 Å². The Morgan fingerprint density at radius 1 is 1.00 bits per heavy atom. The van der Waals surface area contributed by atoms with Gasteiger partial charge in [-0.1, -0.05) is 42.5 Å². The van der Waals surface area contributed by atoms with Gasteiger partial charge in [0.05, 0.1) is 16.5 Å². The highest BCUT2D eigenvalue weighted by Crippen LogP contribution is 2.41. The third kappa shape index (κ3) is 4.47. The minimum absolute atomic E-state index is 0.0156. The van der Waals surface area contributed by atoms with E-state index in [1.807, 2.05) is 66.0 Å². The smallest absolute Gasteiger partial charge is 0.113 e. The summed E-state index contributed by atoms with van der Waals surface area (Å²) in [6, 6.07) is 17.7. The van der Waals surface area contributed by atoms with Crippen LogP contribution in [0.15, 0.2) is 69.1 Å². The summed E-state index contributed by atoms with van der Waals surface area (Å²) in [5, 5.41) is 18.2. The Hall–Kier alpha value is -1.56. The lowest BCUT2D eigenvalue weighted by Crippen LogP contribution is -1.94. The second-order valence-corrected chi connectivity index (χ2v) is 7.55. The SMILES string of the molecule is OCc1cccc(N=NC(=C2SCCCS2)c2ccccc2)c1. The van der Waals surface area contributed by atoms with Gasteiger partial charge in [-0.2, -0.15) is 5.11 Å². The number of hydrogen-bond acceptors (Lipinski definition) is 5. The molecule has 0 atom stereocenters. The molecule has 0 radical (unpaired) electrons. The average molecular weight is 342 g/mol. The van der Waals surface area contributed by atoms with Gasteiger partial charge in [-0.05, 0) is 35.6 Å². The Balaban J connectivity index is 1.94. The zero-order chi connectivity index (χ0) is 15.9. The second-order valence-electron chi connectivity index (χ2n) is 5.08. The molecule has 2 aromatic carbocycles. The summed E-state index contributed by atoms with van der Waals surface area (Å²) in [6.07, 6.45) is 1.23. The molecule has 0 spiro atoms. The van der Waals surface area contributed by atoms with Crippen LogP contribution in [0.5, 0.6) is 0 Å². The molecule has 2 aromatic rings. The first kappa shape index (κ1) is 16.3. The fourth-order valence-corrected chi connectivity index (χ4v) is 4.76. The van der Waals surface area contributed by atoms with Crippen LogP contribution >= 0.6 is 23.5 Å². The fourth-order valence-electron chi connectivity index (χ4n) is 2.20. The highest BCUT2D eigenvalue weighted by Gasteiger charge is 2.14. The van der Waals surface area contributed by atoms with Crippen molar-refractivity contribution in [3.05, 3.63) is 70.0 Å². The number of aliphatic hydroxyl groups is 1. The monoisotopic (exact) mass is 342 g/mol. The average Bonchev–Trinajstić information content (AvgIpc) is 2.64. The zero-order valence-corrected chi connectivity index (χ0v) is 14.3. The van der Waals surface area contributed by atoms with Gasteiger partial charge in [0.2, 0.25) is 0 Å². The second kappa shape index (κ2) is 8.34. The molecule has 0 aliphatic carbocycles. The summed E-state index contributed by atoms with van der Waals surface area (Å²) < 4.78 is 1.24. The summed E-state index contributed by atoms with van der Waals surface area (Å²) in [6.45, 7) is 0.0156. The van der Waals surface area contributed by atoms with Gasteiger partial charge < -0.3 is 5.11 Å². The molecule has 0 saturated carbocycles. The summed E-state index contributed by atoms with van der Waals surface area (Å²) in [5.74, 6) is 2.27. The fraction of sp³-hybridized carbons (Fsp3) is 0.222. The van der Waals surface area contributed by atoms with E-state index in [4.69, 9.17) is 0 Å². The molecular weight excluding hydrogens is 324 g/mol. The molecule has 1 aliphatic heterocycles. The maximum absolute atomic E-state index is 9.23. The predicted molar refractivity (Wildman–Crippen MR) is 99.8 cm³/mol. The van der Waals surface area contributed by atoms with E-state index >= 15 is 0 Å². The lowest BCUT2D eigenvalue weighted by atomic mass is 10.2. The van der Waals surface area contributed by atoms with Gasteiger partial charge in [0.15, 0.2) is 0 Å². The van der Waals surface area contributed by atoms with E-state index in [0.29, 0.717) is 0 Å². The van der Waals surface area contributed by atoms with Crippen molar-refractivity contribution in [2.24, 2.45) is 10.2 Å². The largest absolute Gasteiger partial charge is 0.392 e. The number of azo groups is 1. The van der Waals surface area contributed by atoms with Crippen LogP contribution in [0.4, 0.5) is 5.69 Å². The lowest BCUT2D eigenvalue weighted by Gasteiger charge is -2.15. The van der Waals surface area contributed by atoms with Crippen molar-refractivity contribution >= 4 is 34.9 Å². The molecule has 1 N–H and O–H groups in total. The number of nitrogens with zero attached hydrogens (tertiary/aromatic N) is 2. The highest BCUT2D eigenvalue weighted by atomic mass is 32.2. The van der Waals surface area contributed by atoms with E-state index in [0.717, 1.165) is 34.0 Å². The summed E-state index contributed by atoms with van der Waals surface area (Å²) in [5.41, 5.74) is 3.63. The molecule has 0 bridgehead atoms. The maximum Gasteiger partial charge on any atom is 0.113 e. The van der Waals surface area contributed by atoms with Gasteiger partial charge in [0, 0.05) is 5.56 Å². The van der Waals surface area contributed by atoms with Crippen LogP contribution in [-0.4, -0.2) is 16.6 Å². The Kier molecular flexibility index (Phi) is 5.91. The molecule has 3 rings (SSSR count). The minimum Gasteiger partial charge on any atom is -0.392 e. The van der Waals surface area contributed by atoms with Crippen molar-refractivity contribution in [3.8, 4) is 0 Å². The molecule has 0 aromatic heterocycles. The van der Waals surface area contributed by atoms with Crippen molar-refractivity contribution in [1.82, 2.24) is 0 Å². The zero-order valence-electron chi connectivity index (χ0n) is 12.7. The van der Waals surface area contributed by atoms with Crippen LogP contribution in [0, 0.1) is 0 Å². The third-order valence-electron chi connectivity index (χ3n) is 3.35. The van der Waals surface area contributed by atoms with E-state index in [-0.39, 0.29) is 6.61 Å². The molecule has 1 saturated heterocycles. The van der Waals surface area contributed by atoms with Crippen LogP contribution in [0.25, 0.3) is 5.70 Å². The Labute approximate surface area is 144 Å². The van der Waals surface area contributed by atoms with E-state index in [1.165, 1.54) is 10.7 Å². The van der Waals surface area contributed by atoms with E-state index in [9.17, 15) is 5.11 Å². The van der Waals surface area contributed by atoms with E-state index < -0.39 is 0 Å². The Morgan fingerprint density at radius 2 is 1.78 bits per heavy atom. The first-order valence-electron chi connectivity index (χ1n) is 7.53. The summed E-state index contributed by atoms with van der Waals surface area (Å²) in [4.78, 5) is 0. The van der Waals surface area contributed by atoms with E-state index in [1.54, 1.807) is 0 Å². The van der Waals surface area contributed by atoms with Gasteiger partial charge in [0.1, 0.15) is 5.70 Å². The van der Waals surface area contributed by atoms with Crippen molar-refractivity contribution in [2.75, 3.05) is 11.5 Å². The maximum atomic E-state index is 9.23. The van der Waals surface area contributed by atoms with Gasteiger partial charge in [0.25, 0.3) is 0 Å². The molecule has 0 amide bonds. The Morgan fingerprint density at radius 3 is 2.52 bits per heavy atom. The molecule has 1 heterocycles. The topological polar surface area (TPSA) is 45.0 Å². The Bertz CT molecular complexity index is 706. The molecule has 1 aliphatic rings. The first-order chi connectivity index (χ1) is 11.4. The van der Waals surface area contributed by atoms with Crippen molar-refractivity contribution in [3.63, 3.8) is 0 Å². The van der Waals surface area contributed by atoms with Gasteiger partial charge in [-0.25, -0.2) is 0 Å². The van der Waals surface area contributed by atoms with Gasteiger partial charge >= 0.3 is 0 Å². The molecule has 0 unspecified atom stereocenters. The minimum atomic E-state index is 0.0156. The first-order valence-corrected chi connectivity index (χ1v) is 9.51. The number of benzene rings is 2. The molecule has 118 valence electrons. The highest BCUT2D eigenvalue weighted by molar-refractivity contribution is 8.23. The normalized spacial score (nSPS) is 15.1. The van der Waals surface area contributed by atoms with Gasteiger partial charge in [-0.3, -0.25) is 0 Å². The van der Waals surface area contributed by atoms with Crippen LogP contribution in [0.1, 0.15) is 17.5 Å². The van der Waals surface area contributed by atoms with Crippen molar-refractivity contribution in [2.45, 2.75) is 13.0 Å². The standard InChI is InChI=1S/C18H18N2OS2/c21-13-14-6-4-9-16(12-14)19-20-17(15-7-2-1-3-8-15)18-22-10-5-11-23-18/h1-4,6-9,12,21H,5,10-11,13H2.